The third-order valence-electron chi connectivity index (χ3n) is 2.13. The van der Waals surface area contributed by atoms with Crippen molar-refractivity contribution in [2.45, 2.75) is 19.4 Å². The van der Waals surface area contributed by atoms with E-state index in [1.54, 1.807) is 6.92 Å². The Morgan fingerprint density at radius 1 is 1.50 bits per heavy atom. The van der Waals surface area contributed by atoms with Crippen LogP contribution in [0.1, 0.15) is 24.9 Å². The molecular weight excluding hydrogens is 280 g/mol. The van der Waals surface area contributed by atoms with Gasteiger partial charge in [0.2, 0.25) is 5.91 Å². The zero-order valence-corrected chi connectivity index (χ0v) is 10.4. The summed E-state index contributed by atoms with van der Waals surface area (Å²) in [5.41, 5.74) is 0.282. The number of halogens is 3. The normalized spacial score (nSPS) is 12.2. The van der Waals surface area contributed by atoms with Crippen LogP contribution in [0.15, 0.2) is 18.2 Å². The second-order valence-electron chi connectivity index (χ2n) is 3.39. The molecule has 0 saturated carbocycles. The number of carbonyl (C=O) groups is 1. The monoisotopic (exact) mass is 291 g/mol. The summed E-state index contributed by atoms with van der Waals surface area (Å²) in [5, 5.41) is 3.18. The second kappa shape index (κ2) is 5.94. The van der Waals surface area contributed by atoms with Gasteiger partial charge in [-0.1, -0.05) is 22.0 Å². The maximum atomic E-state index is 13.3. The van der Waals surface area contributed by atoms with E-state index in [-0.39, 0.29) is 11.5 Å². The predicted molar refractivity (Wildman–Crippen MR) is 61.3 cm³/mol. The zero-order chi connectivity index (χ0) is 12.1. The van der Waals surface area contributed by atoms with Crippen LogP contribution in [0.3, 0.4) is 0 Å². The molecule has 2 nitrogen and oxygen atoms in total. The smallest absolute Gasteiger partial charge is 0.221 e. The molecule has 0 aliphatic carbocycles. The van der Waals surface area contributed by atoms with Crippen LogP contribution < -0.4 is 5.32 Å². The lowest BCUT2D eigenvalue weighted by atomic mass is 10.1. The number of benzene rings is 1. The van der Waals surface area contributed by atoms with Crippen LogP contribution in [-0.4, -0.2) is 11.2 Å². The van der Waals surface area contributed by atoms with E-state index < -0.39 is 17.7 Å². The van der Waals surface area contributed by atoms with Crippen molar-refractivity contribution in [3.05, 3.63) is 35.4 Å². The largest absolute Gasteiger partial charge is 0.349 e. The molecule has 0 radical (unpaired) electrons. The van der Waals surface area contributed by atoms with E-state index in [4.69, 9.17) is 0 Å². The third kappa shape index (κ3) is 3.56. The van der Waals surface area contributed by atoms with E-state index >= 15 is 0 Å². The summed E-state index contributed by atoms with van der Waals surface area (Å²) in [5.74, 6) is -1.44. The summed E-state index contributed by atoms with van der Waals surface area (Å²) in [4.78, 5) is 11.3. The molecule has 88 valence electrons. The maximum Gasteiger partial charge on any atom is 0.221 e. The molecule has 0 aromatic heterocycles. The Bertz CT molecular complexity index is 384. The molecule has 0 bridgehead atoms. The first-order valence-corrected chi connectivity index (χ1v) is 5.97. The minimum atomic E-state index is -0.647. The lowest BCUT2D eigenvalue weighted by Gasteiger charge is -2.14. The standard InChI is InChI=1S/C11H12BrF2NO/c1-7(15-11(16)4-5-12)9-3-2-8(13)6-10(9)14/h2-3,6-7H,4-5H2,1H3,(H,15,16). The lowest BCUT2D eigenvalue weighted by Crippen LogP contribution is -2.27. The number of amides is 1. The molecule has 16 heavy (non-hydrogen) atoms. The minimum absolute atomic E-state index is 0.173. The average Bonchev–Trinajstić information content (AvgIpc) is 2.17. The highest BCUT2D eigenvalue weighted by Gasteiger charge is 2.13. The first-order chi connectivity index (χ1) is 7.54. The van der Waals surface area contributed by atoms with Gasteiger partial charge in [-0.05, 0) is 13.0 Å². The molecule has 0 fully saturated rings. The van der Waals surface area contributed by atoms with Gasteiger partial charge in [0.05, 0.1) is 6.04 Å². The molecule has 0 heterocycles. The van der Waals surface area contributed by atoms with Crippen molar-refractivity contribution in [2.75, 3.05) is 5.33 Å². The van der Waals surface area contributed by atoms with E-state index in [1.165, 1.54) is 12.1 Å². The van der Waals surface area contributed by atoms with Gasteiger partial charge in [0, 0.05) is 23.4 Å². The van der Waals surface area contributed by atoms with Crippen molar-refractivity contribution in [1.29, 1.82) is 0 Å². The molecule has 1 unspecified atom stereocenters. The van der Waals surface area contributed by atoms with Crippen LogP contribution in [0.5, 0.6) is 0 Å². The quantitative estimate of drug-likeness (QED) is 0.849. The molecule has 1 amide bonds. The Morgan fingerprint density at radius 3 is 2.75 bits per heavy atom. The van der Waals surface area contributed by atoms with Crippen LogP contribution in [0, 0.1) is 11.6 Å². The van der Waals surface area contributed by atoms with Gasteiger partial charge in [-0.3, -0.25) is 4.79 Å². The summed E-state index contributed by atoms with van der Waals surface area (Å²) < 4.78 is 26.0. The Morgan fingerprint density at radius 2 is 2.19 bits per heavy atom. The Labute approximate surface area is 101 Å². The summed E-state index contributed by atoms with van der Waals surface area (Å²) in [6.07, 6.45) is 0.327. The molecule has 1 atom stereocenters. The van der Waals surface area contributed by atoms with Crippen molar-refractivity contribution < 1.29 is 13.6 Å². The highest BCUT2D eigenvalue weighted by atomic mass is 79.9. The summed E-state index contributed by atoms with van der Waals surface area (Å²) in [7, 11) is 0. The maximum absolute atomic E-state index is 13.3. The first-order valence-electron chi connectivity index (χ1n) is 4.85. The molecule has 0 aliphatic rings. The second-order valence-corrected chi connectivity index (χ2v) is 4.19. The summed E-state index contributed by atoms with van der Waals surface area (Å²) in [6, 6.07) is 2.85. The predicted octanol–water partition coefficient (Wildman–Crippen LogP) is 2.93. The molecule has 0 aliphatic heterocycles. The minimum Gasteiger partial charge on any atom is -0.349 e. The van der Waals surface area contributed by atoms with Gasteiger partial charge < -0.3 is 5.32 Å². The number of hydrogen-bond acceptors (Lipinski definition) is 1. The molecular formula is C11H12BrF2NO. The molecule has 0 saturated heterocycles. The van der Waals surface area contributed by atoms with Crippen LogP contribution in [0.4, 0.5) is 8.78 Å². The zero-order valence-electron chi connectivity index (χ0n) is 8.77. The van der Waals surface area contributed by atoms with Gasteiger partial charge in [-0.2, -0.15) is 0 Å². The third-order valence-corrected chi connectivity index (χ3v) is 2.52. The van der Waals surface area contributed by atoms with Crippen molar-refractivity contribution in [1.82, 2.24) is 5.32 Å². The van der Waals surface area contributed by atoms with E-state index in [0.717, 1.165) is 6.07 Å². The number of nitrogens with one attached hydrogen (secondary N) is 1. The van der Waals surface area contributed by atoms with Crippen LogP contribution >= 0.6 is 15.9 Å². The van der Waals surface area contributed by atoms with Gasteiger partial charge in [-0.15, -0.1) is 0 Å². The number of rotatable bonds is 4. The fraction of sp³-hybridized carbons (Fsp3) is 0.364. The molecule has 1 N–H and O–H groups in total. The van der Waals surface area contributed by atoms with Gasteiger partial charge in [0.15, 0.2) is 0 Å². The molecule has 1 rings (SSSR count). The molecule has 1 aromatic carbocycles. The van der Waals surface area contributed by atoms with Crippen LogP contribution in [0.2, 0.25) is 0 Å². The average molecular weight is 292 g/mol. The van der Waals surface area contributed by atoms with E-state index in [1.807, 2.05) is 0 Å². The van der Waals surface area contributed by atoms with Crippen molar-refractivity contribution in [3.63, 3.8) is 0 Å². The SMILES string of the molecule is CC(NC(=O)CCBr)c1ccc(F)cc1F. The molecule has 5 heteroatoms. The van der Waals surface area contributed by atoms with E-state index in [9.17, 15) is 13.6 Å². The first kappa shape index (κ1) is 13.1. The van der Waals surface area contributed by atoms with Crippen LogP contribution in [0.25, 0.3) is 0 Å². The van der Waals surface area contributed by atoms with E-state index in [2.05, 4.69) is 21.2 Å². The fourth-order valence-electron chi connectivity index (χ4n) is 1.33. The van der Waals surface area contributed by atoms with Crippen LogP contribution in [-0.2, 0) is 4.79 Å². The number of alkyl halides is 1. The highest BCUT2D eigenvalue weighted by Crippen LogP contribution is 2.17. The topological polar surface area (TPSA) is 29.1 Å². The summed E-state index contributed by atoms with van der Waals surface area (Å²) in [6.45, 7) is 1.66. The molecule has 0 spiro atoms. The van der Waals surface area contributed by atoms with Crippen molar-refractivity contribution in [3.8, 4) is 0 Å². The highest BCUT2D eigenvalue weighted by molar-refractivity contribution is 9.09. The Hall–Kier alpha value is -0.970. The summed E-state index contributed by atoms with van der Waals surface area (Å²) >= 11 is 3.14. The Kier molecular flexibility index (Phi) is 4.86. The molecule has 1 aromatic rings. The van der Waals surface area contributed by atoms with Gasteiger partial charge in [0.1, 0.15) is 11.6 Å². The van der Waals surface area contributed by atoms with Gasteiger partial charge in [-0.25, -0.2) is 8.78 Å². The Balaban J connectivity index is 2.72. The van der Waals surface area contributed by atoms with Crippen molar-refractivity contribution >= 4 is 21.8 Å². The van der Waals surface area contributed by atoms with E-state index in [0.29, 0.717) is 11.8 Å². The van der Waals surface area contributed by atoms with Gasteiger partial charge in [0.25, 0.3) is 0 Å². The van der Waals surface area contributed by atoms with Crippen molar-refractivity contribution in [2.24, 2.45) is 0 Å². The number of hydrogen-bond donors (Lipinski definition) is 1. The van der Waals surface area contributed by atoms with Gasteiger partial charge >= 0.3 is 0 Å². The fourth-order valence-corrected chi connectivity index (χ4v) is 1.69. The lowest BCUT2D eigenvalue weighted by molar-refractivity contribution is -0.121. The number of carbonyl (C=O) groups excluding carboxylic acids is 1.